The molecule has 0 radical (unpaired) electrons. The summed E-state index contributed by atoms with van der Waals surface area (Å²) in [4.78, 5) is 24.6. The van der Waals surface area contributed by atoms with Gasteiger partial charge in [0.1, 0.15) is 0 Å². The zero-order valence-electron chi connectivity index (χ0n) is 14.7. The Labute approximate surface area is 140 Å². The van der Waals surface area contributed by atoms with Gasteiger partial charge in [0, 0.05) is 17.9 Å². The first-order valence-corrected chi connectivity index (χ1v) is 8.70. The summed E-state index contributed by atoms with van der Waals surface area (Å²) >= 11 is 0. The van der Waals surface area contributed by atoms with Crippen molar-refractivity contribution in [3.8, 4) is 0 Å². The molecule has 1 unspecified atom stereocenters. The minimum Gasteiger partial charge on any atom is -0.295 e. The van der Waals surface area contributed by atoms with Crippen molar-refractivity contribution in [1.82, 2.24) is 0 Å². The van der Waals surface area contributed by atoms with Gasteiger partial charge in [-0.2, -0.15) is 0 Å². The number of allylic oxidation sites excluding steroid dienone is 8. The molecule has 0 aromatic rings. The standard InChI is InChI=1S/C21H28O2/c1-15-6-4-8-16(2)10-11-18-13-21(23)19(14-20(18)22)12-17(3)9-5-7-15/h6,9-10,13,19H,4-5,7-8,11-12,14H2,1-3H3/b15-6+,16-10+,17-9-. The van der Waals surface area contributed by atoms with E-state index in [1.54, 1.807) is 6.08 Å². The topological polar surface area (TPSA) is 34.1 Å². The fourth-order valence-electron chi connectivity index (χ4n) is 3.22. The third kappa shape index (κ3) is 5.46. The lowest BCUT2D eigenvalue weighted by atomic mass is 9.82. The van der Waals surface area contributed by atoms with E-state index < -0.39 is 0 Å². The largest absolute Gasteiger partial charge is 0.295 e. The van der Waals surface area contributed by atoms with Crippen molar-refractivity contribution in [1.29, 1.82) is 0 Å². The third-order valence-corrected chi connectivity index (χ3v) is 4.81. The van der Waals surface area contributed by atoms with Crippen LogP contribution in [0.4, 0.5) is 0 Å². The SMILES string of the molecule is C/C1=C/CC/C(C)=C/CC/C(C)=C/CC2=CC(=O)C(CC2=O)C1. The fraction of sp³-hybridized carbons (Fsp3) is 0.524. The minimum atomic E-state index is -0.155. The Hall–Kier alpha value is -1.70. The van der Waals surface area contributed by atoms with Crippen molar-refractivity contribution in [2.75, 3.05) is 0 Å². The summed E-state index contributed by atoms with van der Waals surface area (Å²) in [6, 6.07) is 0. The van der Waals surface area contributed by atoms with Crippen LogP contribution in [0.1, 0.15) is 65.7 Å². The molecule has 2 bridgehead atoms. The van der Waals surface area contributed by atoms with Gasteiger partial charge in [-0.25, -0.2) is 0 Å². The predicted octanol–water partition coefficient (Wildman–Crippen LogP) is 5.26. The summed E-state index contributed by atoms with van der Waals surface area (Å²) in [5.74, 6) is 0.118. The molecule has 0 fully saturated rings. The van der Waals surface area contributed by atoms with Crippen LogP contribution >= 0.6 is 0 Å². The van der Waals surface area contributed by atoms with Crippen molar-refractivity contribution < 1.29 is 9.59 Å². The molecule has 3 aliphatic carbocycles. The summed E-state index contributed by atoms with van der Waals surface area (Å²) < 4.78 is 0. The highest BCUT2D eigenvalue weighted by molar-refractivity contribution is 6.09. The monoisotopic (exact) mass is 312 g/mol. The van der Waals surface area contributed by atoms with Gasteiger partial charge in [-0.3, -0.25) is 9.59 Å². The second kappa shape index (κ2) is 8.24. The van der Waals surface area contributed by atoms with Gasteiger partial charge in [0.05, 0.1) is 0 Å². The van der Waals surface area contributed by atoms with E-state index in [-0.39, 0.29) is 17.5 Å². The molecule has 1 atom stereocenters. The summed E-state index contributed by atoms with van der Waals surface area (Å²) in [5.41, 5.74) is 4.64. The van der Waals surface area contributed by atoms with Crippen LogP contribution in [0.15, 0.2) is 46.6 Å². The van der Waals surface area contributed by atoms with Gasteiger partial charge in [-0.1, -0.05) is 34.9 Å². The smallest absolute Gasteiger partial charge is 0.160 e. The number of hydrogen-bond donors (Lipinski definition) is 0. The van der Waals surface area contributed by atoms with Crippen LogP contribution in [0, 0.1) is 5.92 Å². The second-order valence-corrected chi connectivity index (χ2v) is 7.03. The molecular weight excluding hydrogens is 284 g/mol. The molecule has 3 rings (SSSR count). The Morgan fingerprint density at radius 1 is 0.826 bits per heavy atom. The summed E-state index contributed by atoms with van der Waals surface area (Å²) in [6.45, 7) is 6.38. The van der Waals surface area contributed by atoms with Crippen LogP contribution in [-0.4, -0.2) is 11.6 Å². The van der Waals surface area contributed by atoms with E-state index >= 15 is 0 Å². The van der Waals surface area contributed by atoms with Crippen LogP contribution in [0.5, 0.6) is 0 Å². The van der Waals surface area contributed by atoms with Crippen molar-refractivity contribution in [3.63, 3.8) is 0 Å². The van der Waals surface area contributed by atoms with Crippen LogP contribution in [-0.2, 0) is 9.59 Å². The lowest BCUT2D eigenvalue weighted by Gasteiger charge is -2.20. The Morgan fingerprint density at radius 3 is 2.13 bits per heavy atom. The van der Waals surface area contributed by atoms with E-state index in [9.17, 15) is 9.59 Å². The molecule has 2 heteroatoms. The van der Waals surface area contributed by atoms with Crippen molar-refractivity contribution in [2.45, 2.75) is 65.7 Å². The molecule has 0 saturated carbocycles. The van der Waals surface area contributed by atoms with E-state index in [2.05, 4.69) is 39.0 Å². The highest BCUT2D eigenvalue weighted by Gasteiger charge is 2.27. The molecule has 0 saturated heterocycles. The van der Waals surface area contributed by atoms with E-state index in [4.69, 9.17) is 0 Å². The number of Topliss-reactive ketones (excluding diaryl/α,β-unsaturated/α-hetero) is 1. The summed E-state index contributed by atoms with van der Waals surface area (Å²) in [6.07, 6.45) is 14.1. The van der Waals surface area contributed by atoms with Gasteiger partial charge in [-0.15, -0.1) is 0 Å². The van der Waals surface area contributed by atoms with Gasteiger partial charge < -0.3 is 0 Å². The first kappa shape index (κ1) is 17.7. The van der Waals surface area contributed by atoms with Crippen LogP contribution in [0.2, 0.25) is 0 Å². The van der Waals surface area contributed by atoms with Crippen molar-refractivity contribution in [3.05, 3.63) is 46.6 Å². The number of fused-ring (bicyclic) bond motifs is 10. The van der Waals surface area contributed by atoms with Gasteiger partial charge in [0.25, 0.3) is 0 Å². The first-order chi connectivity index (χ1) is 11.0. The van der Waals surface area contributed by atoms with Gasteiger partial charge >= 0.3 is 0 Å². The quantitative estimate of drug-likeness (QED) is 0.571. The number of carbonyl (C=O) groups is 2. The van der Waals surface area contributed by atoms with E-state index in [1.165, 1.54) is 16.7 Å². The Balaban J connectivity index is 2.22. The van der Waals surface area contributed by atoms with E-state index in [0.29, 0.717) is 24.8 Å². The average molecular weight is 312 g/mol. The van der Waals surface area contributed by atoms with Gasteiger partial charge in [0.2, 0.25) is 0 Å². The minimum absolute atomic E-state index is 0.126. The molecule has 0 spiro atoms. The highest BCUT2D eigenvalue weighted by atomic mass is 16.1. The predicted molar refractivity (Wildman–Crippen MR) is 95.2 cm³/mol. The van der Waals surface area contributed by atoms with E-state index in [1.807, 2.05) is 0 Å². The zero-order valence-corrected chi connectivity index (χ0v) is 14.7. The molecule has 0 heterocycles. The maximum atomic E-state index is 12.3. The first-order valence-electron chi connectivity index (χ1n) is 8.70. The molecule has 0 amide bonds. The molecule has 0 aliphatic heterocycles. The molecule has 0 N–H and O–H groups in total. The summed E-state index contributed by atoms with van der Waals surface area (Å²) in [7, 11) is 0. The number of hydrogen-bond acceptors (Lipinski definition) is 2. The van der Waals surface area contributed by atoms with E-state index in [0.717, 1.165) is 25.7 Å². The Kier molecular flexibility index (Phi) is 6.32. The lowest BCUT2D eigenvalue weighted by Crippen LogP contribution is -2.24. The van der Waals surface area contributed by atoms with Crippen molar-refractivity contribution >= 4 is 11.6 Å². The third-order valence-electron chi connectivity index (χ3n) is 4.81. The number of ketones is 2. The van der Waals surface area contributed by atoms with Crippen LogP contribution in [0.25, 0.3) is 0 Å². The van der Waals surface area contributed by atoms with Crippen molar-refractivity contribution in [2.24, 2.45) is 5.92 Å². The molecule has 23 heavy (non-hydrogen) atoms. The fourth-order valence-corrected chi connectivity index (χ4v) is 3.22. The normalized spacial score (nSPS) is 31.5. The van der Waals surface area contributed by atoms with Crippen LogP contribution < -0.4 is 0 Å². The Morgan fingerprint density at radius 2 is 1.43 bits per heavy atom. The highest BCUT2D eigenvalue weighted by Crippen LogP contribution is 2.27. The maximum Gasteiger partial charge on any atom is 0.160 e. The lowest BCUT2D eigenvalue weighted by molar-refractivity contribution is -0.125. The van der Waals surface area contributed by atoms with Gasteiger partial charge in [-0.05, 0) is 65.4 Å². The maximum absolute atomic E-state index is 12.3. The van der Waals surface area contributed by atoms with Gasteiger partial charge in [0.15, 0.2) is 11.6 Å². The molecular formula is C21H28O2. The zero-order chi connectivity index (χ0) is 16.8. The van der Waals surface area contributed by atoms with Crippen LogP contribution in [0.3, 0.4) is 0 Å². The molecule has 124 valence electrons. The second-order valence-electron chi connectivity index (χ2n) is 7.03. The molecule has 0 aromatic heterocycles. The number of rotatable bonds is 0. The molecule has 3 aliphatic rings. The number of carbonyl (C=O) groups excluding carboxylic acids is 2. The molecule has 0 aromatic carbocycles. The Bertz CT molecular complexity index is 599. The average Bonchev–Trinajstić information content (AvgIpc) is 2.48. The summed E-state index contributed by atoms with van der Waals surface area (Å²) in [5, 5.41) is 0. The molecule has 2 nitrogen and oxygen atoms in total.